The molecule has 0 unspecified atom stereocenters. The molecule has 0 aliphatic carbocycles. The number of para-hydroxylation sites is 2. The zero-order valence-electron chi connectivity index (χ0n) is 17.8. The highest BCUT2D eigenvalue weighted by molar-refractivity contribution is 5.95. The van der Waals surface area contributed by atoms with Gasteiger partial charge in [-0.2, -0.15) is 0 Å². The molecule has 0 spiro atoms. The molecule has 1 N–H and O–H groups in total. The molecule has 0 aliphatic rings. The summed E-state index contributed by atoms with van der Waals surface area (Å²) >= 11 is 0. The smallest absolute Gasteiger partial charge is 0.0697 e. The molecule has 0 aliphatic heterocycles. The molecule has 2 aromatic rings. The quantitative estimate of drug-likeness (QED) is 0.438. The normalized spacial score (nSPS) is 12.3. The van der Waals surface area contributed by atoms with Gasteiger partial charge in [0.2, 0.25) is 0 Å². The number of rotatable bonds is 10. The maximum absolute atomic E-state index is 5.03. The molecule has 27 heavy (non-hydrogen) atoms. The van der Waals surface area contributed by atoms with Gasteiger partial charge in [-0.25, -0.2) is 0 Å². The van der Waals surface area contributed by atoms with E-state index >= 15 is 0 Å². The van der Waals surface area contributed by atoms with Gasteiger partial charge in [-0.05, 0) is 69.7 Å². The maximum Gasteiger partial charge on any atom is 0.0697 e. The Kier molecular flexibility index (Phi) is 8.09. The molecule has 0 amide bonds. The number of aryl methyl sites for hydroxylation is 2. The molecule has 2 heteroatoms. The fourth-order valence-electron chi connectivity index (χ4n) is 3.17. The van der Waals surface area contributed by atoms with Gasteiger partial charge in [-0.3, -0.25) is 4.99 Å². The Morgan fingerprint density at radius 2 is 1.41 bits per heavy atom. The number of unbranched alkanes of at least 4 members (excludes halogenated alkanes) is 2. The van der Waals surface area contributed by atoms with Gasteiger partial charge in [0.25, 0.3) is 0 Å². The highest BCUT2D eigenvalue weighted by Crippen LogP contribution is 2.26. The Morgan fingerprint density at radius 1 is 0.852 bits per heavy atom. The molecule has 0 atom stereocenters. The zero-order valence-corrected chi connectivity index (χ0v) is 17.8. The molecule has 0 bridgehead atoms. The van der Waals surface area contributed by atoms with Crippen molar-refractivity contribution >= 4 is 17.1 Å². The third kappa shape index (κ3) is 6.23. The molecule has 0 saturated carbocycles. The second-order valence-electron chi connectivity index (χ2n) is 7.94. The van der Waals surface area contributed by atoms with Crippen LogP contribution >= 0.6 is 0 Å². The molecule has 0 heterocycles. The Labute approximate surface area is 166 Å². The van der Waals surface area contributed by atoms with Crippen molar-refractivity contribution in [3.8, 4) is 0 Å². The predicted octanol–water partition coefficient (Wildman–Crippen LogP) is 7.35. The Hall–Kier alpha value is -2.09. The number of hydrogen-bond acceptors (Lipinski definition) is 2. The lowest BCUT2D eigenvalue weighted by atomic mass is 9.96. The Balaban J connectivity index is 2.23. The summed E-state index contributed by atoms with van der Waals surface area (Å²) in [6, 6.07) is 17.2. The van der Waals surface area contributed by atoms with E-state index < -0.39 is 0 Å². The minimum Gasteiger partial charge on any atom is -0.375 e. The minimum absolute atomic E-state index is 0.208. The van der Waals surface area contributed by atoms with Crippen LogP contribution in [0.4, 0.5) is 11.4 Å². The van der Waals surface area contributed by atoms with Crippen molar-refractivity contribution in [3.05, 3.63) is 59.7 Å². The van der Waals surface area contributed by atoms with E-state index in [9.17, 15) is 0 Å². The van der Waals surface area contributed by atoms with Gasteiger partial charge in [0.05, 0.1) is 11.2 Å². The van der Waals surface area contributed by atoms with Crippen molar-refractivity contribution < 1.29 is 0 Å². The first-order valence-corrected chi connectivity index (χ1v) is 10.5. The number of nitrogens with one attached hydrogen (secondary N) is 1. The average molecular weight is 365 g/mol. The van der Waals surface area contributed by atoms with Crippen molar-refractivity contribution in [1.29, 1.82) is 0 Å². The highest BCUT2D eigenvalue weighted by Gasteiger charge is 2.22. The summed E-state index contributed by atoms with van der Waals surface area (Å²) in [7, 11) is 0. The SMILES string of the molecule is CCCCc1ccccc1N=C(C)C(C)(C)Nc1ccccc1CCCC. The highest BCUT2D eigenvalue weighted by atomic mass is 15.0. The van der Waals surface area contributed by atoms with E-state index in [1.807, 2.05) is 0 Å². The largest absolute Gasteiger partial charge is 0.375 e. The first-order chi connectivity index (χ1) is 13.0. The molecular formula is C25H36N2. The Bertz CT molecular complexity index is 743. The topological polar surface area (TPSA) is 24.4 Å². The fourth-order valence-corrected chi connectivity index (χ4v) is 3.17. The summed E-state index contributed by atoms with van der Waals surface area (Å²) in [5.41, 5.74) is 5.97. The Morgan fingerprint density at radius 3 is 2.07 bits per heavy atom. The lowest BCUT2D eigenvalue weighted by molar-refractivity contribution is 0.745. The van der Waals surface area contributed by atoms with Crippen molar-refractivity contribution in [2.45, 2.75) is 78.7 Å². The van der Waals surface area contributed by atoms with Crippen LogP contribution in [0.25, 0.3) is 0 Å². The molecular weight excluding hydrogens is 328 g/mol. The first-order valence-electron chi connectivity index (χ1n) is 10.5. The predicted molar refractivity (Wildman–Crippen MR) is 121 cm³/mol. The molecule has 2 nitrogen and oxygen atoms in total. The van der Waals surface area contributed by atoms with Crippen LogP contribution in [-0.2, 0) is 12.8 Å². The van der Waals surface area contributed by atoms with Crippen LogP contribution < -0.4 is 5.32 Å². The average Bonchev–Trinajstić information content (AvgIpc) is 2.66. The third-order valence-electron chi connectivity index (χ3n) is 5.25. The number of aliphatic imine (C=N–C) groups is 1. The van der Waals surface area contributed by atoms with E-state index in [0.29, 0.717) is 0 Å². The monoisotopic (exact) mass is 364 g/mol. The molecule has 146 valence electrons. The van der Waals surface area contributed by atoms with Crippen LogP contribution in [0, 0.1) is 0 Å². The maximum atomic E-state index is 5.03. The van der Waals surface area contributed by atoms with E-state index in [-0.39, 0.29) is 5.54 Å². The van der Waals surface area contributed by atoms with Crippen molar-refractivity contribution in [1.82, 2.24) is 0 Å². The van der Waals surface area contributed by atoms with E-state index in [4.69, 9.17) is 4.99 Å². The van der Waals surface area contributed by atoms with Gasteiger partial charge >= 0.3 is 0 Å². The van der Waals surface area contributed by atoms with Gasteiger partial charge in [0.1, 0.15) is 0 Å². The van der Waals surface area contributed by atoms with E-state index in [1.165, 1.54) is 42.5 Å². The second-order valence-corrected chi connectivity index (χ2v) is 7.94. The fraction of sp³-hybridized carbons (Fsp3) is 0.480. The molecule has 2 rings (SSSR count). The molecule has 2 aromatic carbocycles. The third-order valence-corrected chi connectivity index (χ3v) is 5.25. The molecule has 0 saturated heterocycles. The lowest BCUT2D eigenvalue weighted by Crippen LogP contribution is -2.39. The number of hydrogen-bond donors (Lipinski definition) is 1. The van der Waals surface area contributed by atoms with Crippen molar-refractivity contribution in [3.63, 3.8) is 0 Å². The van der Waals surface area contributed by atoms with Gasteiger partial charge in [-0.1, -0.05) is 63.1 Å². The number of nitrogens with zero attached hydrogens (tertiary/aromatic N) is 1. The summed E-state index contributed by atoms with van der Waals surface area (Å²) in [6.07, 6.45) is 7.06. The lowest BCUT2D eigenvalue weighted by Gasteiger charge is -2.29. The van der Waals surface area contributed by atoms with E-state index in [0.717, 1.165) is 24.2 Å². The van der Waals surface area contributed by atoms with Crippen LogP contribution in [0.1, 0.15) is 71.4 Å². The summed E-state index contributed by atoms with van der Waals surface area (Å²) in [5, 5.41) is 3.75. The molecule has 0 radical (unpaired) electrons. The van der Waals surface area contributed by atoms with Crippen LogP contribution in [-0.4, -0.2) is 11.3 Å². The summed E-state index contributed by atoms with van der Waals surface area (Å²) in [5.74, 6) is 0. The van der Waals surface area contributed by atoms with Crippen LogP contribution in [0.15, 0.2) is 53.5 Å². The zero-order chi connectivity index (χ0) is 19.7. The standard InChI is InChI=1S/C25H36N2/c1-6-8-14-21-16-10-12-18-23(21)26-20(3)25(4,5)27-24-19-13-11-17-22(24)15-9-7-2/h10-13,16-19,27H,6-9,14-15H2,1-5H3. The number of benzene rings is 2. The van der Waals surface area contributed by atoms with Crippen molar-refractivity contribution in [2.75, 3.05) is 5.32 Å². The molecule has 0 aromatic heterocycles. The first kappa shape index (κ1) is 21.2. The van der Waals surface area contributed by atoms with Gasteiger partial charge in [-0.15, -0.1) is 0 Å². The summed E-state index contributed by atoms with van der Waals surface area (Å²) in [4.78, 5) is 5.03. The van der Waals surface area contributed by atoms with Crippen LogP contribution in [0.3, 0.4) is 0 Å². The van der Waals surface area contributed by atoms with Crippen LogP contribution in [0.5, 0.6) is 0 Å². The van der Waals surface area contributed by atoms with Gasteiger partial charge in [0.15, 0.2) is 0 Å². The second kappa shape index (κ2) is 10.3. The van der Waals surface area contributed by atoms with Gasteiger partial charge < -0.3 is 5.32 Å². The minimum atomic E-state index is -0.208. The summed E-state index contributed by atoms with van der Waals surface area (Å²) < 4.78 is 0. The van der Waals surface area contributed by atoms with Crippen LogP contribution in [0.2, 0.25) is 0 Å². The van der Waals surface area contributed by atoms with E-state index in [1.54, 1.807) is 0 Å². The van der Waals surface area contributed by atoms with E-state index in [2.05, 4.69) is 88.5 Å². The number of anilines is 1. The van der Waals surface area contributed by atoms with Gasteiger partial charge in [0, 0.05) is 11.4 Å². The molecule has 0 fully saturated rings. The summed E-state index contributed by atoms with van der Waals surface area (Å²) in [6.45, 7) is 11.1. The van der Waals surface area contributed by atoms with Crippen molar-refractivity contribution in [2.24, 2.45) is 4.99 Å².